The third-order valence-electron chi connectivity index (χ3n) is 2.37. The Balaban J connectivity index is 2.24. The lowest BCUT2D eigenvalue weighted by atomic mass is 10.2. The molecule has 2 aromatic rings. The number of halogens is 2. The van der Waals surface area contributed by atoms with Gasteiger partial charge in [-0.1, -0.05) is 0 Å². The number of nitro benzene ring substituents is 1. The van der Waals surface area contributed by atoms with Crippen LogP contribution < -0.4 is 5.32 Å². The fraction of sp³-hybridized carbons (Fsp3) is 0. The molecule has 1 amide bonds. The molecule has 0 aliphatic carbocycles. The molecule has 6 nitrogen and oxygen atoms in total. The largest absolute Gasteiger partial charge is 0.322 e. The normalized spacial score (nSPS) is 10.1. The maximum absolute atomic E-state index is 12.0. The van der Waals surface area contributed by atoms with Crippen molar-refractivity contribution in [2.24, 2.45) is 0 Å². The van der Waals surface area contributed by atoms with Gasteiger partial charge in [-0.05, 0) is 50.1 Å². The van der Waals surface area contributed by atoms with Crippen LogP contribution in [0.25, 0.3) is 0 Å². The van der Waals surface area contributed by atoms with Crippen molar-refractivity contribution in [2.75, 3.05) is 5.32 Å². The lowest BCUT2D eigenvalue weighted by Gasteiger charge is -2.05. The van der Waals surface area contributed by atoms with E-state index < -0.39 is 10.8 Å². The molecule has 0 radical (unpaired) electrons. The minimum absolute atomic E-state index is 0.116. The topological polar surface area (TPSA) is 85.1 Å². The van der Waals surface area contributed by atoms with Crippen LogP contribution in [0.2, 0.25) is 0 Å². The number of anilines is 1. The first-order valence-electron chi connectivity index (χ1n) is 5.33. The van der Waals surface area contributed by atoms with Crippen molar-refractivity contribution in [3.8, 4) is 0 Å². The first-order chi connectivity index (χ1) is 9.47. The average Bonchev–Trinajstić information content (AvgIpc) is 2.40. The number of carbonyl (C=O) groups excluding carboxylic acids is 1. The van der Waals surface area contributed by atoms with Gasteiger partial charge in [-0.3, -0.25) is 19.9 Å². The SMILES string of the molecule is O=C(Nc1ccc(Br)c([N+](=O)[O-])c1)c1cncc(Br)c1. The number of benzene rings is 1. The summed E-state index contributed by atoms with van der Waals surface area (Å²) in [6.07, 6.45) is 2.97. The smallest absolute Gasteiger partial charge is 0.285 e. The molecule has 0 unspecified atom stereocenters. The number of hydrogen-bond donors (Lipinski definition) is 1. The van der Waals surface area contributed by atoms with Crippen LogP contribution in [0, 0.1) is 10.1 Å². The molecular formula is C12H7Br2N3O3. The van der Waals surface area contributed by atoms with Crippen molar-refractivity contribution in [3.63, 3.8) is 0 Å². The average molecular weight is 401 g/mol. The summed E-state index contributed by atoms with van der Waals surface area (Å²) in [6.45, 7) is 0. The summed E-state index contributed by atoms with van der Waals surface area (Å²) in [7, 11) is 0. The summed E-state index contributed by atoms with van der Waals surface area (Å²) in [6, 6.07) is 5.97. The van der Waals surface area contributed by atoms with Crippen molar-refractivity contribution in [2.45, 2.75) is 0 Å². The van der Waals surface area contributed by atoms with Gasteiger partial charge in [-0.15, -0.1) is 0 Å². The molecule has 0 atom stereocenters. The van der Waals surface area contributed by atoms with Gasteiger partial charge in [0, 0.05) is 28.6 Å². The third-order valence-corrected chi connectivity index (χ3v) is 3.47. The number of pyridine rings is 1. The molecule has 0 bridgehead atoms. The minimum atomic E-state index is -0.527. The fourth-order valence-electron chi connectivity index (χ4n) is 1.47. The van der Waals surface area contributed by atoms with E-state index in [9.17, 15) is 14.9 Å². The van der Waals surface area contributed by atoms with Crippen molar-refractivity contribution < 1.29 is 9.72 Å². The highest BCUT2D eigenvalue weighted by molar-refractivity contribution is 9.10. The van der Waals surface area contributed by atoms with E-state index in [-0.39, 0.29) is 5.69 Å². The monoisotopic (exact) mass is 399 g/mol. The van der Waals surface area contributed by atoms with E-state index in [1.807, 2.05) is 0 Å². The van der Waals surface area contributed by atoms with Crippen LogP contribution in [0.3, 0.4) is 0 Å². The molecule has 0 saturated carbocycles. The number of nitrogens with one attached hydrogen (secondary N) is 1. The van der Waals surface area contributed by atoms with Crippen LogP contribution in [-0.2, 0) is 0 Å². The second kappa shape index (κ2) is 6.10. The van der Waals surface area contributed by atoms with Gasteiger partial charge in [0.2, 0.25) is 0 Å². The maximum atomic E-state index is 12.0. The summed E-state index contributed by atoms with van der Waals surface area (Å²) in [5, 5.41) is 13.4. The van der Waals surface area contributed by atoms with Crippen molar-refractivity contribution in [3.05, 3.63) is 61.3 Å². The summed E-state index contributed by atoms with van der Waals surface area (Å²) in [5.74, 6) is -0.393. The lowest BCUT2D eigenvalue weighted by molar-refractivity contribution is -0.385. The van der Waals surface area contributed by atoms with Gasteiger partial charge in [-0.2, -0.15) is 0 Å². The van der Waals surface area contributed by atoms with Crippen molar-refractivity contribution in [1.82, 2.24) is 4.98 Å². The number of amides is 1. The summed E-state index contributed by atoms with van der Waals surface area (Å²) >= 11 is 6.30. The molecule has 0 spiro atoms. The number of rotatable bonds is 3. The molecule has 20 heavy (non-hydrogen) atoms. The predicted molar refractivity (Wildman–Crippen MR) is 80.7 cm³/mol. The molecule has 102 valence electrons. The highest BCUT2D eigenvalue weighted by Crippen LogP contribution is 2.28. The highest BCUT2D eigenvalue weighted by Gasteiger charge is 2.14. The zero-order chi connectivity index (χ0) is 14.7. The molecule has 0 aliphatic heterocycles. The van der Waals surface area contributed by atoms with Gasteiger partial charge in [-0.25, -0.2) is 0 Å². The maximum Gasteiger partial charge on any atom is 0.285 e. The first-order valence-corrected chi connectivity index (χ1v) is 6.92. The lowest BCUT2D eigenvalue weighted by Crippen LogP contribution is -2.12. The molecule has 1 aromatic carbocycles. The molecule has 1 aromatic heterocycles. The van der Waals surface area contributed by atoms with E-state index in [0.717, 1.165) is 0 Å². The Hall–Kier alpha value is -1.80. The molecule has 2 rings (SSSR count). The molecule has 1 N–H and O–H groups in total. The first kappa shape index (κ1) is 14.6. The summed E-state index contributed by atoms with van der Waals surface area (Å²) in [4.78, 5) is 26.2. The molecular weight excluding hydrogens is 394 g/mol. The number of hydrogen-bond acceptors (Lipinski definition) is 4. The van der Waals surface area contributed by atoms with Crippen LogP contribution in [-0.4, -0.2) is 15.8 Å². The Morgan fingerprint density at radius 2 is 2.00 bits per heavy atom. The highest BCUT2D eigenvalue weighted by atomic mass is 79.9. The van der Waals surface area contributed by atoms with E-state index in [2.05, 4.69) is 42.2 Å². The van der Waals surface area contributed by atoms with Crippen LogP contribution in [0.1, 0.15) is 10.4 Å². The molecule has 8 heteroatoms. The fourth-order valence-corrected chi connectivity index (χ4v) is 2.23. The van der Waals surface area contributed by atoms with Gasteiger partial charge in [0.1, 0.15) is 0 Å². The second-order valence-corrected chi connectivity index (χ2v) is 5.54. The van der Waals surface area contributed by atoms with Gasteiger partial charge < -0.3 is 5.32 Å². The van der Waals surface area contributed by atoms with Crippen molar-refractivity contribution in [1.29, 1.82) is 0 Å². The molecule has 0 aliphatic rings. The molecule has 0 saturated heterocycles. The zero-order valence-electron chi connectivity index (χ0n) is 9.84. The van der Waals surface area contributed by atoms with E-state index >= 15 is 0 Å². The number of nitrogens with zero attached hydrogens (tertiary/aromatic N) is 2. The number of carbonyl (C=O) groups is 1. The van der Waals surface area contributed by atoms with Crippen LogP contribution in [0.4, 0.5) is 11.4 Å². The Labute approximate surface area is 130 Å². The van der Waals surface area contributed by atoms with Crippen LogP contribution in [0.5, 0.6) is 0 Å². The van der Waals surface area contributed by atoms with Gasteiger partial charge in [0.05, 0.1) is 15.0 Å². The number of aromatic nitrogens is 1. The van der Waals surface area contributed by atoms with Gasteiger partial charge in [0.25, 0.3) is 11.6 Å². The van der Waals surface area contributed by atoms with E-state index in [1.54, 1.807) is 18.3 Å². The zero-order valence-corrected chi connectivity index (χ0v) is 13.0. The summed E-state index contributed by atoms with van der Waals surface area (Å²) < 4.78 is 1.02. The number of nitro groups is 1. The molecule has 0 fully saturated rings. The Morgan fingerprint density at radius 1 is 1.25 bits per heavy atom. The Kier molecular flexibility index (Phi) is 4.46. The Bertz CT molecular complexity index is 691. The van der Waals surface area contributed by atoms with Gasteiger partial charge in [0.15, 0.2) is 0 Å². The predicted octanol–water partition coefficient (Wildman–Crippen LogP) is 3.77. The van der Waals surface area contributed by atoms with Crippen LogP contribution in [0.15, 0.2) is 45.6 Å². The Morgan fingerprint density at radius 3 is 2.65 bits per heavy atom. The van der Waals surface area contributed by atoms with Gasteiger partial charge >= 0.3 is 0 Å². The molecule has 1 heterocycles. The standard InChI is InChI=1S/C12H7Br2N3O3/c13-8-3-7(5-15-6-8)12(18)16-9-1-2-10(14)11(4-9)17(19)20/h1-6H,(H,16,18). The second-order valence-electron chi connectivity index (χ2n) is 3.77. The summed E-state index contributed by atoms with van der Waals surface area (Å²) in [5.41, 5.74) is 0.574. The quantitative estimate of drug-likeness (QED) is 0.627. The van der Waals surface area contributed by atoms with E-state index in [1.165, 1.54) is 18.3 Å². The van der Waals surface area contributed by atoms with Crippen molar-refractivity contribution >= 4 is 49.1 Å². The van der Waals surface area contributed by atoms with Crippen LogP contribution >= 0.6 is 31.9 Å². The van der Waals surface area contributed by atoms with E-state index in [4.69, 9.17) is 0 Å². The third kappa shape index (κ3) is 3.40. The minimum Gasteiger partial charge on any atom is -0.322 e. The van der Waals surface area contributed by atoms with E-state index in [0.29, 0.717) is 20.2 Å².